The largest absolute Gasteiger partial charge is 0.370 e. The minimum atomic E-state index is 0.418. The summed E-state index contributed by atoms with van der Waals surface area (Å²) in [5, 5.41) is 7.61. The number of fused-ring (bicyclic) bond motifs is 1. The molecule has 2 N–H and O–H groups in total. The first kappa shape index (κ1) is 14.2. The average Bonchev–Trinajstić information content (AvgIpc) is 2.89. The predicted molar refractivity (Wildman–Crippen MR) is 89.2 cm³/mol. The van der Waals surface area contributed by atoms with Crippen molar-refractivity contribution in [2.45, 2.75) is 31.0 Å². The van der Waals surface area contributed by atoms with Crippen LogP contribution in [0.1, 0.15) is 18.1 Å². The maximum absolute atomic E-state index is 4.56. The minimum absolute atomic E-state index is 0.418. The molecule has 0 unspecified atom stereocenters. The van der Waals surface area contributed by atoms with Crippen LogP contribution < -0.4 is 10.6 Å². The maximum atomic E-state index is 4.56. The topological polar surface area (TPSA) is 49.8 Å². The third-order valence-corrected chi connectivity index (χ3v) is 4.20. The lowest BCUT2D eigenvalue weighted by molar-refractivity contribution is 0.763. The Morgan fingerprint density at radius 1 is 1.14 bits per heavy atom. The molecule has 1 aliphatic rings. The molecule has 21 heavy (non-hydrogen) atoms. The second-order valence-corrected chi connectivity index (χ2v) is 5.95. The number of anilines is 2. The molecule has 0 saturated heterocycles. The second-order valence-electron chi connectivity index (χ2n) is 5.17. The number of hydrogen-bond donors (Lipinski definition) is 2. The van der Waals surface area contributed by atoms with E-state index in [1.54, 1.807) is 11.8 Å². The van der Waals surface area contributed by atoms with Crippen LogP contribution in [-0.2, 0) is 12.8 Å². The fraction of sp³-hybridized carbons (Fsp3) is 0.375. The van der Waals surface area contributed by atoms with Crippen molar-refractivity contribution in [2.24, 2.45) is 0 Å². The number of aromatic nitrogens is 2. The number of rotatable bonds is 5. The third kappa shape index (κ3) is 3.29. The quantitative estimate of drug-likeness (QED) is 0.656. The van der Waals surface area contributed by atoms with Crippen molar-refractivity contribution < 1.29 is 0 Å². The second kappa shape index (κ2) is 6.35. The molecule has 4 nitrogen and oxygen atoms in total. The molecular weight excluding hydrogens is 280 g/mol. The van der Waals surface area contributed by atoms with Crippen molar-refractivity contribution in [1.82, 2.24) is 9.97 Å². The summed E-state index contributed by atoms with van der Waals surface area (Å²) in [6.07, 6.45) is 4.12. The summed E-state index contributed by atoms with van der Waals surface area (Å²) in [5.41, 5.74) is 2.89. The zero-order chi connectivity index (χ0) is 14.7. The minimum Gasteiger partial charge on any atom is -0.370 e. The summed E-state index contributed by atoms with van der Waals surface area (Å²) < 4.78 is 0. The number of nitrogens with zero attached hydrogens (tertiary/aromatic N) is 2. The molecule has 0 amide bonds. The summed E-state index contributed by atoms with van der Waals surface area (Å²) in [5.74, 6) is 1.79. The molecule has 0 bridgehead atoms. The van der Waals surface area contributed by atoms with Crippen molar-refractivity contribution in [3.63, 3.8) is 0 Å². The molecule has 0 radical (unpaired) electrons. The van der Waals surface area contributed by atoms with Gasteiger partial charge < -0.3 is 10.6 Å². The van der Waals surface area contributed by atoms with E-state index in [0.29, 0.717) is 6.04 Å². The van der Waals surface area contributed by atoms with E-state index in [0.717, 1.165) is 36.2 Å². The van der Waals surface area contributed by atoms with E-state index < -0.39 is 0 Å². The molecule has 0 saturated carbocycles. The Labute approximate surface area is 129 Å². The van der Waals surface area contributed by atoms with E-state index >= 15 is 0 Å². The lowest BCUT2D eigenvalue weighted by Gasteiger charge is -2.14. The third-order valence-electron chi connectivity index (χ3n) is 3.65. The molecule has 0 atom stereocenters. The Hall–Kier alpha value is -1.75. The van der Waals surface area contributed by atoms with Crippen LogP contribution in [0.5, 0.6) is 0 Å². The van der Waals surface area contributed by atoms with Crippen LogP contribution in [0.2, 0.25) is 0 Å². The van der Waals surface area contributed by atoms with Gasteiger partial charge in [0.05, 0.1) is 0 Å². The summed E-state index contributed by atoms with van der Waals surface area (Å²) in [6.45, 7) is 2.93. The number of nitrogens with one attached hydrogen (secondary N) is 2. The molecular formula is C16H20N4S. The predicted octanol–water partition coefficient (Wildman–Crippen LogP) is 3.21. The van der Waals surface area contributed by atoms with Crippen molar-refractivity contribution >= 4 is 23.4 Å². The average molecular weight is 300 g/mol. The van der Waals surface area contributed by atoms with Crippen LogP contribution in [-0.4, -0.2) is 28.8 Å². The first-order chi connectivity index (χ1) is 10.3. The highest BCUT2D eigenvalue weighted by Gasteiger charge is 2.21. The lowest BCUT2D eigenvalue weighted by Crippen LogP contribution is -2.20. The molecule has 0 aliphatic heterocycles. The monoisotopic (exact) mass is 300 g/mol. The van der Waals surface area contributed by atoms with Gasteiger partial charge in [-0.1, -0.05) is 36.0 Å². The highest BCUT2D eigenvalue weighted by atomic mass is 32.2. The van der Waals surface area contributed by atoms with E-state index in [1.165, 1.54) is 11.1 Å². The maximum Gasteiger partial charge on any atom is 0.191 e. The molecule has 1 aromatic heterocycles. The Morgan fingerprint density at radius 3 is 2.43 bits per heavy atom. The fourth-order valence-corrected chi connectivity index (χ4v) is 3.11. The van der Waals surface area contributed by atoms with E-state index in [9.17, 15) is 0 Å². The van der Waals surface area contributed by atoms with Crippen molar-refractivity contribution in [3.05, 3.63) is 41.5 Å². The summed E-state index contributed by atoms with van der Waals surface area (Å²) in [6, 6.07) is 11.1. The number of thioether (sulfide) groups is 1. The molecule has 1 aromatic carbocycles. The van der Waals surface area contributed by atoms with Gasteiger partial charge in [0.1, 0.15) is 11.6 Å². The van der Waals surface area contributed by atoms with Gasteiger partial charge in [0, 0.05) is 18.7 Å². The zero-order valence-corrected chi connectivity index (χ0v) is 13.2. The van der Waals surface area contributed by atoms with Crippen LogP contribution in [0.15, 0.2) is 35.5 Å². The highest BCUT2D eigenvalue weighted by Crippen LogP contribution is 2.25. The fourth-order valence-electron chi connectivity index (χ4n) is 2.73. The molecule has 110 valence electrons. The van der Waals surface area contributed by atoms with Crippen molar-refractivity contribution in [1.29, 1.82) is 0 Å². The summed E-state index contributed by atoms with van der Waals surface area (Å²) in [7, 11) is 0. The zero-order valence-electron chi connectivity index (χ0n) is 12.4. The molecule has 5 heteroatoms. The number of hydrogen-bond acceptors (Lipinski definition) is 5. The van der Waals surface area contributed by atoms with E-state index in [4.69, 9.17) is 0 Å². The van der Waals surface area contributed by atoms with E-state index in [1.807, 2.05) is 12.3 Å². The number of benzene rings is 1. The van der Waals surface area contributed by atoms with Gasteiger partial charge in [-0.25, -0.2) is 9.97 Å². The molecule has 0 spiro atoms. The standard InChI is InChI=1S/C16H20N4S/c1-3-17-14-10-15(20-16(19-14)21-2)18-13-8-11-6-4-5-7-12(11)9-13/h4-7,10,13H,3,8-9H2,1-2H3,(H2,17,18,19,20). The van der Waals surface area contributed by atoms with Gasteiger partial charge in [0.25, 0.3) is 0 Å². The van der Waals surface area contributed by atoms with Gasteiger partial charge in [-0.2, -0.15) is 0 Å². The molecule has 1 heterocycles. The van der Waals surface area contributed by atoms with Gasteiger partial charge in [0.15, 0.2) is 5.16 Å². The van der Waals surface area contributed by atoms with Crippen molar-refractivity contribution in [2.75, 3.05) is 23.4 Å². The van der Waals surface area contributed by atoms with Gasteiger partial charge >= 0.3 is 0 Å². The van der Waals surface area contributed by atoms with E-state index in [-0.39, 0.29) is 0 Å². The van der Waals surface area contributed by atoms with E-state index in [2.05, 4.69) is 51.8 Å². The van der Waals surface area contributed by atoms with Crippen LogP contribution in [0.25, 0.3) is 0 Å². The highest BCUT2D eigenvalue weighted by molar-refractivity contribution is 7.98. The van der Waals surface area contributed by atoms with Gasteiger partial charge in [0.2, 0.25) is 0 Å². The van der Waals surface area contributed by atoms with Crippen LogP contribution >= 0.6 is 11.8 Å². The Balaban J connectivity index is 1.75. The SMILES string of the molecule is CCNc1cc(NC2Cc3ccccc3C2)nc(SC)n1. The van der Waals surface area contributed by atoms with Gasteiger partial charge in [-0.15, -0.1) is 0 Å². The Kier molecular flexibility index (Phi) is 4.29. The Bertz CT molecular complexity index is 604. The smallest absolute Gasteiger partial charge is 0.191 e. The molecule has 0 fully saturated rings. The molecule has 1 aliphatic carbocycles. The van der Waals surface area contributed by atoms with Gasteiger partial charge in [-0.3, -0.25) is 0 Å². The normalized spacial score (nSPS) is 14.0. The van der Waals surface area contributed by atoms with Gasteiger partial charge in [-0.05, 0) is 37.1 Å². The summed E-state index contributed by atoms with van der Waals surface area (Å²) >= 11 is 1.57. The van der Waals surface area contributed by atoms with Crippen LogP contribution in [0, 0.1) is 0 Å². The van der Waals surface area contributed by atoms with Crippen LogP contribution in [0.4, 0.5) is 11.6 Å². The first-order valence-corrected chi connectivity index (χ1v) is 8.51. The van der Waals surface area contributed by atoms with Crippen molar-refractivity contribution in [3.8, 4) is 0 Å². The molecule has 3 rings (SSSR count). The first-order valence-electron chi connectivity index (χ1n) is 7.28. The summed E-state index contributed by atoms with van der Waals surface area (Å²) in [4.78, 5) is 9.02. The van der Waals surface area contributed by atoms with Crippen LogP contribution in [0.3, 0.4) is 0 Å². The Morgan fingerprint density at radius 2 is 1.81 bits per heavy atom. The lowest BCUT2D eigenvalue weighted by atomic mass is 10.1. The molecule has 2 aromatic rings.